The van der Waals surface area contributed by atoms with Gasteiger partial charge in [-0.1, -0.05) is 0 Å². The quantitative estimate of drug-likeness (QED) is 0.317. The Morgan fingerprint density at radius 3 is 1.25 bits per heavy atom. The van der Waals surface area contributed by atoms with Crippen molar-refractivity contribution in [2.45, 2.75) is 0 Å². The molecule has 0 saturated heterocycles. The summed E-state index contributed by atoms with van der Waals surface area (Å²) in [4.78, 5) is 0. The third-order valence-corrected chi connectivity index (χ3v) is 0. The van der Waals surface area contributed by atoms with Gasteiger partial charge < -0.3 is 5.71 Å². The van der Waals surface area contributed by atoms with Crippen LogP contribution in [0.4, 0.5) is 0 Å². The summed E-state index contributed by atoms with van der Waals surface area (Å²) < 4.78 is 0. The Morgan fingerprint density at radius 2 is 1.25 bits per heavy atom. The molecule has 0 spiro atoms. The third kappa shape index (κ3) is 9.25. The monoisotopic (exact) mass is 170 g/mol. The van der Waals surface area contributed by atoms with Crippen LogP contribution in [0, 0.1) is 0 Å². The van der Waals surface area contributed by atoms with E-state index in [2.05, 4.69) is 0 Å². The van der Waals surface area contributed by atoms with Gasteiger partial charge in [-0.25, -0.2) is 0 Å². The van der Waals surface area contributed by atoms with Gasteiger partial charge in [0.15, 0.2) is 0 Å². The predicted octanol–water partition coefficient (Wildman–Crippen LogP) is -5.93. The zero-order valence-electron chi connectivity index (χ0n) is 7.21. The molecule has 0 bridgehead atoms. The first-order valence-corrected chi connectivity index (χ1v) is 0. The molecule has 0 unspecified atom stereocenters. The van der Waals surface area contributed by atoms with Gasteiger partial charge in [0, 0.05) is 21.7 Å². The van der Waals surface area contributed by atoms with E-state index in [4.69, 9.17) is 0 Å². The molecule has 0 radical (unpaired) electrons. The van der Waals surface area contributed by atoms with Crippen LogP contribution < -0.4 is 48.4 Å². The van der Waals surface area contributed by atoms with Crippen LogP contribution in [0.1, 0.15) is 5.71 Å². The Labute approximate surface area is 118 Å². The van der Waals surface area contributed by atoms with E-state index < -0.39 is 0 Å². The average molecular weight is 169 g/mol. The van der Waals surface area contributed by atoms with Crippen molar-refractivity contribution in [3.8, 4) is 0 Å². The first-order chi connectivity index (χ1) is 0. The van der Waals surface area contributed by atoms with E-state index in [1.165, 1.54) is 0 Å². The molecule has 0 aliphatic carbocycles. The summed E-state index contributed by atoms with van der Waals surface area (Å²) in [6.45, 7) is 0. The smallest absolute Gasteiger partial charge is 1.00 e. The van der Waals surface area contributed by atoms with Crippen LogP contribution in [0.5, 0.6) is 0 Å². The summed E-state index contributed by atoms with van der Waals surface area (Å²) in [5.41, 5.74) is 0. The van der Waals surface area contributed by atoms with Crippen molar-refractivity contribution in [3.05, 3.63) is 0 Å². The predicted molar refractivity (Wildman–Crippen MR) is 10.2 cm³/mol. The summed E-state index contributed by atoms with van der Waals surface area (Å²) in [6, 6.07) is 0. The maximum absolute atomic E-state index is 0. The largest absolute Gasteiger partial charge is 2.00 e. The van der Waals surface area contributed by atoms with E-state index >= 15 is 0 Å². The van der Waals surface area contributed by atoms with Gasteiger partial charge in [0.25, 0.3) is 0 Å². The zero-order valence-corrected chi connectivity index (χ0v) is 10.2. The van der Waals surface area contributed by atoms with E-state index in [-0.39, 0.29) is 121 Å². The molecule has 0 N–H and O–H groups in total. The molecule has 4 heavy (non-hydrogen) atoms. The van der Waals surface area contributed by atoms with Crippen LogP contribution in [-0.2, 0) is 21.7 Å². The minimum absolute atomic E-state index is 0. The second-order valence-electron chi connectivity index (χ2n) is 0. The molecule has 0 aromatic rings. The van der Waals surface area contributed by atoms with Crippen molar-refractivity contribution in [2.24, 2.45) is 0 Å². The molecule has 4 heteroatoms. The van der Waals surface area contributed by atoms with Gasteiger partial charge in [-0.05, 0) is 0 Å². The van der Waals surface area contributed by atoms with Crippen LogP contribution in [0.2, 0.25) is 0 Å². The van der Waals surface area contributed by atoms with Crippen molar-refractivity contribution in [2.75, 3.05) is 0 Å². The van der Waals surface area contributed by atoms with Crippen LogP contribution in [0.15, 0.2) is 0 Å². The molecule has 0 aromatic heterocycles. The molecule has 0 aliphatic rings. The van der Waals surface area contributed by atoms with Crippen molar-refractivity contribution in [3.63, 3.8) is 0 Å². The summed E-state index contributed by atoms with van der Waals surface area (Å²) in [5, 5.41) is 0. The molecule has 0 nitrogen and oxygen atoms in total. The fraction of sp³-hybridized carbons (Fsp3) is 0. The number of hydrogen-bond acceptors (Lipinski definition) is 0. The molecule has 0 amide bonds. The zero-order chi connectivity index (χ0) is 0. The van der Waals surface area contributed by atoms with Crippen molar-refractivity contribution in [1.82, 2.24) is 0 Å². The molecule has 0 heterocycles. The van der Waals surface area contributed by atoms with Gasteiger partial charge >= 0.3 is 93.9 Å². The van der Waals surface area contributed by atoms with E-state index in [1.807, 2.05) is 0 Å². The van der Waals surface area contributed by atoms with Crippen LogP contribution in [0.3, 0.4) is 0 Å². The second kappa shape index (κ2) is 15.8. The van der Waals surface area contributed by atoms with Gasteiger partial charge in [-0.2, -0.15) is 0 Å². The average Bonchev–Trinajstić information content (AvgIpc) is 0. The Hall–Kier alpha value is 3.79. The molecule has 0 atom stereocenters. The first-order valence-electron chi connectivity index (χ1n) is 0. The van der Waals surface area contributed by atoms with E-state index in [0.29, 0.717) is 0 Å². The van der Waals surface area contributed by atoms with Crippen molar-refractivity contribution >= 4 is 45.5 Å². The van der Waals surface area contributed by atoms with Crippen LogP contribution >= 0.6 is 0 Å². The molecule has 0 rings (SSSR count). The molecule has 0 aromatic carbocycles. The second-order valence-corrected chi connectivity index (χ2v) is 0. The molecular weight excluding hydrogens is 165 g/mol. The Bertz CT molecular complexity index is 16.0. The molecule has 0 aliphatic heterocycles. The third-order valence-electron chi connectivity index (χ3n) is 0. The van der Waals surface area contributed by atoms with Gasteiger partial charge in [0.2, 0.25) is 0 Å². The normalized spacial score (nSPS) is 0. The SMILES string of the molecule is [H-].[H-].[H-].[H-].[Li+].[Na+].[Sr+2].[Ti]. The minimum Gasteiger partial charge on any atom is -1.00 e. The standard InChI is InChI=1S/Li.Na.Sr.Ti.4H/q2*+1;+2;;4*-1. The summed E-state index contributed by atoms with van der Waals surface area (Å²) in [7, 11) is 0. The van der Waals surface area contributed by atoms with Gasteiger partial charge in [0.1, 0.15) is 0 Å². The topological polar surface area (TPSA) is 0 Å². The summed E-state index contributed by atoms with van der Waals surface area (Å²) in [6.07, 6.45) is 0. The van der Waals surface area contributed by atoms with Gasteiger partial charge in [-0.15, -0.1) is 0 Å². The van der Waals surface area contributed by atoms with E-state index in [0.717, 1.165) is 0 Å². The molecular formula is H4LiNaSrTi. The van der Waals surface area contributed by atoms with Crippen molar-refractivity contribution < 1.29 is 75.8 Å². The maximum Gasteiger partial charge on any atom is 2.00 e. The number of rotatable bonds is 0. The summed E-state index contributed by atoms with van der Waals surface area (Å²) >= 11 is 0. The fourth-order valence-electron chi connectivity index (χ4n) is 0. The van der Waals surface area contributed by atoms with Crippen LogP contribution in [-0.4, -0.2) is 45.5 Å². The molecule has 12 valence electrons. The number of hydrogen-bond donors (Lipinski definition) is 0. The van der Waals surface area contributed by atoms with Gasteiger partial charge in [0.05, 0.1) is 0 Å². The van der Waals surface area contributed by atoms with E-state index in [9.17, 15) is 0 Å². The Morgan fingerprint density at radius 1 is 1.25 bits per heavy atom. The first kappa shape index (κ1) is 25.0. The van der Waals surface area contributed by atoms with E-state index in [1.54, 1.807) is 0 Å². The summed E-state index contributed by atoms with van der Waals surface area (Å²) in [5.74, 6) is 0. The van der Waals surface area contributed by atoms with Crippen molar-refractivity contribution in [1.29, 1.82) is 0 Å². The van der Waals surface area contributed by atoms with Crippen LogP contribution in [0.25, 0.3) is 0 Å². The Balaban J connectivity index is 0. The minimum atomic E-state index is 0. The molecule has 0 fully saturated rings. The maximum atomic E-state index is 0. The van der Waals surface area contributed by atoms with Gasteiger partial charge in [-0.3, -0.25) is 0 Å². The Kier molecular flexibility index (Phi) is 99.0. The molecule has 0 saturated carbocycles. The fourth-order valence-corrected chi connectivity index (χ4v) is 0.